The van der Waals surface area contributed by atoms with Crippen LogP contribution in [-0.4, -0.2) is 0 Å². The molecule has 0 nitrogen and oxygen atoms in total. The molecule has 5 fully saturated rings. The molecule has 5 aliphatic rings. The summed E-state index contributed by atoms with van der Waals surface area (Å²) in [5.41, 5.74) is 12.2. The Morgan fingerprint density at radius 3 is 1.11 bits per heavy atom. The fourth-order valence-electron chi connectivity index (χ4n) is 8.96. The van der Waals surface area contributed by atoms with E-state index in [-0.39, 0.29) is 0 Å². The van der Waals surface area contributed by atoms with Gasteiger partial charge >= 0.3 is 0 Å². The van der Waals surface area contributed by atoms with E-state index in [1.165, 1.54) is 193 Å². The lowest BCUT2D eigenvalue weighted by Gasteiger charge is -2.52. The largest absolute Gasteiger partial charge is 0.0667 e. The van der Waals surface area contributed by atoms with E-state index in [0.29, 0.717) is 5.41 Å². The van der Waals surface area contributed by atoms with Crippen LogP contribution in [0.25, 0.3) is 0 Å². The molecule has 0 bridgehead atoms. The quantitative estimate of drug-likeness (QED) is 0.307. The van der Waals surface area contributed by atoms with Crippen molar-refractivity contribution < 1.29 is 0 Å². The first-order valence-electron chi connectivity index (χ1n) is 17.5. The van der Waals surface area contributed by atoms with Crippen molar-refractivity contribution in [3.63, 3.8) is 0 Å². The van der Waals surface area contributed by atoms with Gasteiger partial charge in [0.05, 0.1) is 0 Å². The molecule has 0 aromatic carbocycles. The maximum absolute atomic E-state index is 2.00. The van der Waals surface area contributed by atoms with Crippen molar-refractivity contribution in [1.29, 1.82) is 0 Å². The molecule has 0 N–H and O–H groups in total. The molecule has 5 aliphatic carbocycles. The normalized spacial score (nSPS) is 29.8. The van der Waals surface area contributed by atoms with E-state index < -0.39 is 0 Å². The second-order valence-electron chi connectivity index (χ2n) is 13.9. The van der Waals surface area contributed by atoms with Crippen molar-refractivity contribution in [2.45, 2.75) is 193 Å². The molecule has 0 heterocycles. The third kappa shape index (κ3) is 7.25. The summed E-state index contributed by atoms with van der Waals surface area (Å²) in [6.07, 6.45) is 44.1. The molecule has 0 aliphatic heterocycles. The van der Waals surface area contributed by atoms with Crippen LogP contribution in [0.1, 0.15) is 193 Å². The molecule has 0 aromatic heterocycles. The van der Waals surface area contributed by atoms with Crippen molar-refractivity contribution in [2.24, 2.45) is 5.41 Å². The predicted molar refractivity (Wildman–Crippen MR) is 162 cm³/mol. The molecule has 0 aromatic rings. The topological polar surface area (TPSA) is 0 Å². The molecule has 5 rings (SSSR count). The van der Waals surface area contributed by atoms with E-state index in [1.807, 2.05) is 33.4 Å². The van der Waals surface area contributed by atoms with Gasteiger partial charge in [-0.25, -0.2) is 0 Å². The van der Waals surface area contributed by atoms with Crippen LogP contribution in [0.2, 0.25) is 0 Å². The fourth-order valence-corrected chi connectivity index (χ4v) is 8.96. The van der Waals surface area contributed by atoms with Crippen LogP contribution in [0.3, 0.4) is 0 Å². The summed E-state index contributed by atoms with van der Waals surface area (Å²) in [7, 11) is 0. The Labute approximate surface area is 231 Å². The first-order valence-corrected chi connectivity index (χ1v) is 17.5. The van der Waals surface area contributed by atoms with Gasteiger partial charge in [-0.05, 0) is 111 Å². The Hall–Kier alpha value is -0.780. The van der Waals surface area contributed by atoms with E-state index in [0.717, 1.165) is 0 Å². The van der Waals surface area contributed by atoms with E-state index >= 15 is 0 Å². The van der Waals surface area contributed by atoms with E-state index in [1.54, 1.807) is 0 Å². The van der Waals surface area contributed by atoms with Crippen molar-refractivity contribution in [3.8, 4) is 0 Å². The maximum atomic E-state index is 2.00. The molecule has 5 saturated carbocycles. The van der Waals surface area contributed by atoms with Crippen LogP contribution < -0.4 is 0 Å². The average Bonchev–Trinajstić information content (AvgIpc) is 2.89. The van der Waals surface area contributed by atoms with Crippen LogP contribution >= 0.6 is 0 Å². The summed E-state index contributed by atoms with van der Waals surface area (Å²) in [5.74, 6) is 0. The van der Waals surface area contributed by atoms with Gasteiger partial charge in [0.15, 0.2) is 0 Å². The lowest BCUT2D eigenvalue weighted by molar-refractivity contribution is 0.221. The fraction of sp³-hybridized carbons (Fsp3) is 0.838. The summed E-state index contributed by atoms with van der Waals surface area (Å²) in [6, 6.07) is 0. The molecule has 208 valence electrons. The van der Waals surface area contributed by atoms with Crippen LogP contribution in [0.4, 0.5) is 0 Å². The molecule has 0 heteroatoms. The van der Waals surface area contributed by atoms with Gasteiger partial charge in [-0.15, -0.1) is 0 Å². The second kappa shape index (κ2) is 14.6. The van der Waals surface area contributed by atoms with Gasteiger partial charge in [0.25, 0.3) is 0 Å². The predicted octanol–water partition coefficient (Wildman–Crippen LogP) is 12.6. The van der Waals surface area contributed by atoms with Crippen LogP contribution in [0.15, 0.2) is 33.4 Å². The van der Waals surface area contributed by atoms with Gasteiger partial charge in [0.1, 0.15) is 0 Å². The minimum atomic E-state index is 0.570. The third-order valence-electron chi connectivity index (χ3n) is 11.2. The van der Waals surface area contributed by atoms with Gasteiger partial charge < -0.3 is 0 Å². The smallest absolute Gasteiger partial charge is 0.000406 e. The highest BCUT2D eigenvalue weighted by molar-refractivity contribution is 5.60. The highest BCUT2D eigenvalue weighted by atomic mass is 14.5. The Bertz CT molecular complexity index is 783. The third-order valence-corrected chi connectivity index (χ3v) is 11.2. The van der Waals surface area contributed by atoms with Crippen LogP contribution in [0, 0.1) is 5.41 Å². The second-order valence-corrected chi connectivity index (χ2v) is 13.9. The lowest BCUT2D eigenvalue weighted by atomic mass is 9.52. The van der Waals surface area contributed by atoms with E-state index in [9.17, 15) is 0 Å². The summed E-state index contributed by atoms with van der Waals surface area (Å²) in [6.45, 7) is 0. The van der Waals surface area contributed by atoms with Crippen LogP contribution in [-0.2, 0) is 0 Å². The molecule has 0 saturated heterocycles. The van der Waals surface area contributed by atoms with Gasteiger partial charge in [0.2, 0.25) is 0 Å². The molecule has 0 unspecified atom stereocenters. The van der Waals surface area contributed by atoms with Gasteiger partial charge in [0, 0.05) is 0 Å². The molecule has 37 heavy (non-hydrogen) atoms. The van der Waals surface area contributed by atoms with Crippen LogP contribution in [0.5, 0.6) is 0 Å². The Kier molecular flexibility index (Phi) is 10.9. The zero-order valence-electron chi connectivity index (χ0n) is 24.7. The van der Waals surface area contributed by atoms with Crippen molar-refractivity contribution >= 4 is 0 Å². The standard InChI is InChI=1S/C37H60/c1-4-10-16-22-31(23-17-11-5-1)33-26-27-34(33)35-30-37(28-20-14-8-3-9-15-21-29-37)36(35)32-24-18-12-6-2-7-13-19-25-32/h1-30H2/b35-34+. The monoisotopic (exact) mass is 504 g/mol. The summed E-state index contributed by atoms with van der Waals surface area (Å²) in [5, 5.41) is 0. The minimum Gasteiger partial charge on any atom is -0.0667 e. The molecule has 0 amide bonds. The number of allylic oxidation sites excluding steroid dienone is 6. The van der Waals surface area contributed by atoms with Crippen molar-refractivity contribution in [3.05, 3.63) is 33.4 Å². The first kappa shape index (κ1) is 27.8. The Morgan fingerprint density at radius 2 is 0.676 bits per heavy atom. The highest BCUT2D eigenvalue weighted by Crippen LogP contribution is 2.62. The Morgan fingerprint density at radius 1 is 0.297 bits per heavy atom. The van der Waals surface area contributed by atoms with Crippen molar-refractivity contribution in [2.75, 3.05) is 0 Å². The number of hydrogen-bond donors (Lipinski definition) is 0. The molecular weight excluding hydrogens is 444 g/mol. The SMILES string of the molecule is C1CCCCC(=C2CC/C2=C2/CC3(CCCCCCCCC3)C2=C2CCCCCCCCC2)CCCC1. The number of hydrogen-bond acceptors (Lipinski definition) is 0. The zero-order chi connectivity index (χ0) is 25.2. The van der Waals surface area contributed by atoms with Gasteiger partial charge in [-0.2, -0.15) is 0 Å². The molecule has 1 spiro atoms. The molecule has 0 radical (unpaired) electrons. The average molecular weight is 505 g/mol. The first-order chi connectivity index (χ1) is 18.4. The summed E-state index contributed by atoms with van der Waals surface area (Å²) < 4.78 is 0. The number of rotatable bonds is 0. The highest BCUT2D eigenvalue weighted by Gasteiger charge is 2.48. The van der Waals surface area contributed by atoms with Gasteiger partial charge in [-0.1, -0.05) is 120 Å². The van der Waals surface area contributed by atoms with E-state index in [2.05, 4.69) is 0 Å². The van der Waals surface area contributed by atoms with Crippen molar-refractivity contribution in [1.82, 2.24) is 0 Å². The Balaban J connectivity index is 1.47. The molecule has 0 atom stereocenters. The van der Waals surface area contributed by atoms with E-state index in [4.69, 9.17) is 0 Å². The minimum absolute atomic E-state index is 0.570. The van der Waals surface area contributed by atoms with Gasteiger partial charge in [-0.3, -0.25) is 0 Å². The molecular formula is C37H60. The maximum Gasteiger partial charge on any atom is -0.000406 e. The summed E-state index contributed by atoms with van der Waals surface area (Å²) in [4.78, 5) is 0. The zero-order valence-corrected chi connectivity index (χ0v) is 24.7. The summed E-state index contributed by atoms with van der Waals surface area (Å²) >= 11 is 0. The lowest BCUT2D eigenvalue weighted by Crippen LogP contribution is -2.38.